The summed E-state index contributed by atoms with van der Waals surface area (Å²) in [6.07, 6.45) is 1.23. The lowest BCUT2D eigenvalue weighted by Gasteiger charge is -2.34. The summed E-state index contributed by atoms with van der Waals surface area (Å²) in [6.45, 7) is 3.10. The summed E-state index contributed by atoms with van der Waals surface area (Å²) in [6, 6.07) is 19.8. The zero-order valence-corrected chi connectivity index (χ0v) is 25.4. The molecule has 0 aliphatic carbocycles. The third kappa shape index (κ3) is 8.61. The highest BCUT2D eigenvalue weighted by Gasteiger charge is 2.33. The third-order valence-electron chi connectivity index (χ3n) is 6.33. The maximum atomic E-state index is 14.1. The molecule has 0 saturated heterocycles. The highest BCUT2D eigenvalue weighted by atomic mass is 35.5. The van der Waals surface area contributed by atoms with Crippen LogP contribution in [-0.4, -0.2) is 64.2 Å². The first kappa shape index (κ1) is 31.8. The van der Waals surface area contributed by atoms with E-state index in [1.54, 1.807) is 30.3 Å². The van der Waals surface area contributed by atoms with Crippen molar-refractivity contribution in [2.75, 3.05) is 31.3 Å². The predicted octanol–water partition coefficient (Wildman–Crippen LogP) is 4.29. The summed E-state index contributed by atoms with van der Waals surface area (Å²) in [7, 11) is -1.03. The van der Waals surface area contributed by atoms with Crippen LogP contribution < -0.4 is 19.1 Å². The highest BCUT2D eigenvalue weighted by Crippen LogP contribution is 2.32. The van der Waals surface area contributed by atoms with Gasteiger partial charge in [-0.05, 0) is 43.2 Å². The topological polar surface area (TPSA) is 105 Å². The fourth-order valence-electron chi connectivity index (χ4n) is 4.34. The molecule has 41 heavy (non-hydrogen) atoms. The van der Waals surface area contributed by atoms with Crippen molar-refractivity contribution in [1.82, 2.24) is 10.2 Å². The molecule has 0 spiro atoms. The van der Waals surface area contributed by atoms with E-state index < -0.39 is 28.5 Å². The number of hydrogen-bond donors (Lipinski definition) is 1. The van der Waals surface area contributed by atoms with Gasteiger partial charge in [-0.2, -0.15) is 0 Å². The van der Waals surface area contributed by atoms with Crippen molar-refractivity contribution in [2.45, 2.75) is 38.9 Å². The molecule has 2 amide bonds. The maximum Gasteiger partial charge on any atom is 0.244 e. The Labute approximate surface area is 247 Å². The summed E-state index contributed by atoms with van der Waals surface area (Å²) in [5.41, 5.74) is 1.67. The van der Waals surface area contributed by atoms with E-state index in [2.05, 4.69) is 5.32 Å². The number of rotatable bonds is 13. The quantitative estimate of drug-likeness (QED) is 0.313. The molecule has 0 fully saturated rings. The number of halogens is 1. The minimum absolute atomic E-state index is 0.00887. The lowest BCUT2D eigenvalue weighted by atomic mass is 10.0. The molecule has 3 rings (SSSR count). The second-order valence-corrected chi connectivity index (χ2v) is 12.1. The average Bonchev–Trinajstić information content (AvgIpc) is 2.93. The Morgan fingerprint density at radius 3 is 2.15 bits per heavy atom. The summed E-state index contributed by atoms with van der Waals surface area (Å²) in [5, 5.41) is 3.34. The number of carbonyl (C=O) groups excluding carboxylic acids is 2. The van der Waals surface area contributed by atoms with Gasteiger partial charge in [0.2, 0.25) is 21.8 Å². The molecule has 1 unspecified atom stereocenters. The monoisotopic (exact) mass is 601 g/mol. The standard InChI is InChI=1S/C30H36ClN3O6S/c1-21(2)32-30(36)26(17-22-11-7-6-8-12-22)33(19-23-13-9-10-14-25(23)31)29(35)20-34(41(5,37)38)24-15-16-27(39-3)28(18-24)40-4/h6-16,18,21,26H,17,19-20H2,1-5H3,(H,32,36). The molecule has 0 bridgehead atoms. The van der Waals surface area contributed by atoms with E-state index in [1.165, 1.54) is 31.3 Å². The Morgan fingerprint density at radius 2 is 1.56 bits per heavy atom. The van der Waals surface area contributed by atoms with E-state index in [0.717, 1.165) is 16.1 Å². The van der Waals surface area contributed by atoms with Gasteiger partial charge in [0.25, 0.3) is 0 Å². The van der Waals surface area contributed by atoms with Crippen molar-refractivity contribution in [2.24, 2.45) is 0 Å². The number of anilines is 1. The molecule has 1 N–H and O–H groups in total. The molecule has 9 nitrogen and oxygen atoms in total. The molecular formula is C30H36ClN3O6S. The molecule has 0 aromatic heterocycles. The number of amides is 2. The number of hydrogen-bond acceptors (Lipinski definition) is 6. The summed E-state index contributed by atoms with van der Waals surface area (Å²) >= 11 is 6.47. The summed E-state index contributed by atoms with van der Waals surface area (Å²) in [5.74, 6) is -0.229. The fraction of sp³-hybridized carbons (Fsp3) is 0.333. The molecule has 11 heteroatoms. The van der Waals surface area contributed by atoms with Gasteiger partial charge >= 0.3 is 0 Å². The van der Waals surface area contributed by atoms with Gasteiger partial charge in [0.15, 0.2) is 11.5 Å². The van der Waals surface area contributed by atoms with Crippen molar-refractivity contribution in [1.29, 1.82) is 0 Å². The number of ether oxygens (including phenoxy) is 2. The van der Waals surface area contributed by atoms with E-state index in [4.69, 9.17) is 21.1 Å². The van der Waals surface area contributed by atoms with Gasteiger partial charge in [-0.25, -0.2) is 8.42 Å². The number of nitrogens with one attached hydrogen (secondary N) is 1. The van der Waals surface area contributed by atoms with Gasteiger partial charge in [-0.3, -0.25) is 13.9 Å². The number of benzene rings is 3. The third-order valence-corrected chi connectivity index (χ3v) is 7.84. The predicted molar refractivity (Wildman–Crippen MR) is 161 cm³/mol. The molecule has 0 heterocycles. The van der Waals surface area contributed by atoms with Gasteiger partial charge < -0.3 is 19.7 Å². The molecule has 0 aliphatic rings. The first-order valence-electron chi connectivity index (χ1n) is 13.0. The number of sulfonamides is 1. The van der Waals surface area contributed by atoms with Crippen LogP contribution in [0.1, 0.15) is 25.0 Å². The van der Waals surface area contributed by atoms with Crippen molar-refractivity contribution in [3.63, 3.8) is 0 Å². The zero-order chi connectivity index (χ0) is 30.2. The molecule has 1 atom stereocenters. The Morgan fingerprint density at radius 1 is 0.927 bits per heavy atom. The van der Waals surface area contributed by atoms with E-state index in [0.29, 0.717) is 22.1 Å². The van der Waals surface area contributed by atoms with E-state index >= 15 is 0 Å². The van der Waals surface area contributed by atoms with Crippen LogP contribution >= 0.6 is 11.6 Å². The van der Waals surface area contributed by atoms with Crippen LogP contribution in [0.4, 0.5) is 5.69 Å². The maximum absolute atomic E-state index is 14.1. The average molecular weight is 602 g/mol. The summed E-state index contributed by atoms with van der Waals surface area (Å²) in [4.78, 5) is 29.1. The Kier molecular flexibility index (Phi) is 11.0. The van der Waals surface area contributed by atoms with E-state index in [-0.39, 0.29) is 30.6 Å². The lowest BCUT2D eigenvalue weighted by molar-refractivity contribution is -0.140. The van der Waals surface area contributed by atoms with Crippen molar-refractivity contribution in [3.8, 4) is 11.5 Å². The SMILES string of the molecule is COc1ccc(N(CC(=O)N(Cc2ccccc2Cl)C(Cc2ccccc2)C(=O)NC(C)C)S(C)(=O)=O)cc1OC. The normalized spacial score (nSPS) is 12.0. The molecule has 3 aromatic rings. The van der Waals surface area contributed by atoms with Crippen LogP contribution in [0.2, 0.25) is 5.02 Å². The van der Waals surface area contributed by atoms with Crippen LogP contribution in [0, 0.1) is 0 Å². The second-order valence-electron chi connectivity index (χ2n) is 9.79. The zero-order valence-electron chi connectivity index (χ0n) is 23.8. The summed E-state index contributed by atoms with van der Waals surface area (Å²) < 4.78 is 37.6. The van der Waals surface area contributed by atoms with Crippen LogP contribution in [0.15, 0.2) is 72.8 Å². The van der Waals surface area contributed by atoms with Crippen LogP contribution in [0.3, 0.4) is 0 Å². The smallest absolute Gasteiger partial charge is 0.244 e. The van der Waals surface area contributed by atoms with Gasteiger partial charge in [0.05, 0.1) is 26.2 Å². The number of carbonyl (C=O) groups is 2. The molecule has 0 aliphatic heterocycles. The molecule has 220 valence electrons. The van der Waals surface area contributed by atoms with Crippen molar-refractivity contribution < 1.29 is 27.5 Å². The second kappa shape index (κ2) is 14.2. The Balaban J connectivity index is 2.09. The lowest BCUT2D eigenvalue weighted by Crippen LogP contribution is -2.54. The van der Waals surface area contributed by atoms with Crippen molar-refractivity contribution in [3.05, 3.63) is 88.9 Å². The van der Waals surface area contributed by atoms with Crippen LogP contribution in [0.25, 0.3) is 0 Å². The molecule has 0 radical (unpaired) electrons. The molecular weight excluding hydrogens is 566 g/mol. The minimum Gasteiger partial charge on any atom is -0.493 e. The van der Waals surface area contributed by atoms with Gasteiger partial charge in [0.1, 0.15) is 12.6 Å². The van der Waals surface area contributed by atoms with E-state index in [1.807, 2.05) is 44.2 Å². The Hall–Kier alpha value is -3.76. The van der Waals surface area contributed by atoms with Crippen LogP contribution in [-0.2, 0) is 32.6 Å². The molecule has 3 aromatic carbocycles. The largest absolute Gasteiger partial charge is 0.493 e. The Bertz CT molecular complexity index is 1450. The fourth-order valence-corrected chi connectivity index (χ4v) is 5.38. The highest BCUT2D eigenvalue weighted by molar-refractivity contribution is 7.92. The first-order valence-corrected chi connectivity index (χ1v) is 15.2. The minimum atomic E-state index is -3.93. The van der Waals surface area contributed by atoms with Gasteiger partial charge in [-0.1, -0.05) is 60.1 Å². The first-order chi connectivity index (χ1) is 19.4. The number of methoxy groups -OCH3 is 2. The van der Waals surface area contributed by atoms with Gasteiger partial charge in [-0.15, -0.1) is 0 Å². The van der Waals surface area contributed by atoms with E-state index in [9.17, 15) is 18.0 Å². The number of nitrogens with zero attached hydrogens (tertiary/aromatic N) is 2. The van der Waals surface area contributed by atoms with Gasteiger partial charge in [0, 0.05) is 30.1 Å². The van der Waals surface area contributed by atoms with Crippen molar-refractivity contribution >= 4 is 39.1 Å². The molecule has 0 saturated carbocycles. The van der Waals surface area contributed by atoms with Crippen LogP contribution in [0.5, 0.6) is 11.5 Å².